The summed E-state index contributed by atoms with van der Waals surface area (Å²) in [6.07, 6.45) is 0. The summed E-state index contributed by atoms with van der Waals surface area (Å²) in [7, 11) is -0.446. The average molecular weight is 502 g/mol. The molecule has 0 saturated carbocycles. The molecule has 160 valence electrons. The van der Waals surface area contributed by atoms with E-state index in [1.807, 2.05) is 31.2 Å². The van der Waals surface area contributed by atoms with Crippen LogP contribution in [-0.4, -0.2) is 6.61 Å². The largest absolute Gasteiger partial charge is 0.478 e. The first-order valence-corrected chi connectivity index (χ1v) is 12.8. The van der Waals surface area contributed by atoms with E-state index in [0.717, 1.165) is 22.2 Å². The Bertz CT molecular complexity index is 1030. The highest BCUT2D eigenvalue weighted by molar-refractivity contribution is 9.08. The van der Waals surface area contributed by atoms with Gasteiger partial charge >= 0.3 is 0 Å². The molecule has 32 heavy (non-hydrogen) atoms. The van der Waals surface area contributed by atoms with Gasteiger partial charge in [0, 0.05) is 10.9 Å². The van der Waals surface area contributed by atoms with Crippen LogP contribution in [0.15, 0.2) is 109 Å². The minimum Gasteiger partial charge on any atom is -0.478 e. The van der Waals surface area contributed by atoms with Gasteiger partial charge in [0.15, 0.2) is 6.61 Å². The van der Waals surface area contributed by atoms with Crippen LogP contribution in [0.5, 0.6) is 5.75 Å². The first-order valence-electron chi connectivity index (χ1n) is 10.3. The molecule has 0 radical (unpaired) electrons. The summed E-state index contributed by atoms with van der Waals surface area (Å²) in [5.41, 5.74) is 2.14. The van der Waals surface area contributed by atoms with Crippen molar-refractivity contribution in [3.8, 4) is 11.8 Å². The third kappa shape index (κ3) is 6.54. The lowest BCUT2D eigenvalue weighted by Gasteiger charge is -2.18. The molecule has 4 rings (SSSR count). The van der Waals surface area contributed by atoms with Crippen LogP contribution in [0.3, 0.4) is 0 Å². The lowest BCUT2D eigenvalue weighted by Crippen LogP contribution is -2.20. The van der Waals surface area contributed by atoms with Gasteiger partial charge in [-0.2, -0.15) is 5.26 Å². The molecular weight excluding hydrogens is 477 g/mol. The van der Waals surface area contributed by atoms with Crippen molar-refractivity contribution in [1.29, 1.82) is 5.26 Å². The second-order valence-electron chi connectivity index (χ2n) is 6.99. The molecule has 0 N–H and O–H groups in total. The number of para-hydroxylation sites is 1. The summed E-state index contributed by atoms with van der Waals surface area (Å²) in [5, 5.41) is 13.3. The number of hydrogen-bond acceptors (Lipinski definition) is 2. The average Bonchev–Trinajstić information content (AvgIpc) is 2.86. The van der Waals surface area contributed by atoms with Crippen LogP contribution in [-0.2, 0) is 5.33 Å². The van der Waals surface area contributed by atoms with Gasteiger partial charge in [-0.15, -0.1) is 0 Å². The van der Waals surface area contributed by atoms with Crippen molar-refractivity contribution in [2.24, 2.45) is 0 Å². The van der Waals surface area contributed by atoms with E-state index in [9.17, 15) is 0 Å². The Hall–Kier alpha value is -2.92. The van der Waals surface area contributed by atoms with E-state index < -0.39 is 7.92 Å². The fraction of sp³-hybridized carbons (Fsp3) is 0.107. The Morgan fingerprint density at radius 2 is 1.19 bits per heavy atom. The number of alkyl halides is 1. The Kier molecular flexibility index (Phi) is 9.51. The summed E-state index contributed by atoms with van der Waals surface area (Å²) in [6, 6.07) is 40.2. The smallest absolute Gasteiger partial charge is 0.174 e. The van der Waals surface area contributed by atoms with Crippen molar-refractivity contribution < 1.29 is 4.74 Å². The van der Waals surface area contributed by atoms with Crippen LogP contribution in [0, 0.1) is 18.3 Å². The molecule has 0 amide bonds. The molecule has 4 aromatic carbocycles. The zero-order valence-corrected chi connectivity index (χ0v) is 20.5. The first-order chi connectivity index (χ1) is 15.7. The van der Waals surface area contributed by atoms with Crippen molar-refractivity contribution in [3.05, 3.63) is 120 Å². The number of benzene rings is 4. The van der Waals surface area contributed by atoms with Crippen LogP contribution < -0.4 is 20.7 Å². The van der Waals surface area contributed by atoms with Crippen LogP contribution in [0.4, 0.5) is 0 Å². The van der Waals surface area contributed by atoms with Crippen LogP contribution in [0.2, 0.25) is 0 Å². The number of hydrogen-bond donors (Lipinski definition) is 0. The molecule has 0 aliphatic heterocycles. The van der Waals surface area contributed by atoms with Gasteiger partial charge in [0.1, 0.15) is 11.8 Å². The quantitative estimate of drug-likeness (QED) is 0.231. The number of nitriles is 1. The fourth-order valence-electron chi connectivity index (χ4n) is 3.31. The standard InChI is InChI=1S/C18H15P.C10H10BrNO/c1-4-10-16(11-5-1)19(17-12-6-2-7-13-17)18-14-8-3-9-15-18;1-8-3-2-4-9(7-11)10(8)13-6-5-12/h1-15H;2-4H,6-7H2,1H3. The Balaban J connectivity index is 0.000000195. The number of nitrogens with zero attached hydrogens (tertiary/aromatic N) is 1. The van der Waals surface area contributed by atoms with Gasteiger partial charge in [0.05, 0.1) is 0 Å². The number of aryl methyl sites for hydroxylation is 1. The van der Waals surface area contributed by atoms with Gasteiger partial charge in [-0.25, -0.2) is 0 Å². The topological polar surface area (TPSA) is 33.0 Å². The van der Waals surface area contributed by atoms with Crippen molar-refractivity contribution in [2.45, 2.75) is 12.3 Å². The second-order valence-corrected chi connectivity index (χ2v) is 9.77. The molecule has 0 fully saturated rings. The normalized spacial score (nSPS) is 10.1. The highest BCUT2D eigenvalue weighted by atomic mass is 79.9. The molecule has 0 aromatic heterocycles. The molecule has 0 bridgehead atoms. The van der Waals surface area contributed by atoms with Gasteiger partial charge in [-0.05, 0) is 36.3 Å². The van der Waals surface area contributed by atoms with E-state index >= 15 is 0 Å². The zero-order chi connectivity index (χ0) is 22.6. The Morgan fingerprint density at radius 3 is 1.59 bits per heavy atom. The summed E-state index contributed by atoms with van der Waals surface area (Å²) in [6.45, 7) is 2.07. The summed E-state index contributed by atoms with van der Waals surface area (Å²) in [5.74, 6) is 0.820. The molecule has 0 aliphatic carbocycles. The van der Waals surface area contributed by atoms with Crippen LogP contribution >= 0.6 is 23.9 Å². The van der Waals surface area contributed by atoms with E-state index in [-0.39, 0.29) is 6.61 Å². The molecule has 0 aliphatic rings. The van der Waals surface area contributed by atoms with Crippen molar-refractivity contribution in [2.75, 3.05) is 6.61 Å². The van der Waals surface area contributed by atoms with Gasteiger partial charge < -0.3 is 4.74 Å². The molecular formula is C28H25BrNOP. The summed E-state index contributed by atoms with van der Waals surface area (Å²) >= 11 is 3.37. The fourth-order valence-corrected chi connectivity index (χ4v) is 6.05. The highest BCUT2D eigenvalue weighted by Gasteiger charge is 2.15. The molecule has 4 aromatic rings. The van der Waals surface area contributed by atoms with E-state index in [4.69, 9.17) is 10.00 Å². The van der Waals surface area contributed by atoms with Crippen molar-refractivity contribution >= 4 is 39.8 Å². The van der Waals surface area contributed by atoms with Crippen molar-refractivity contribution in [1.82, 2.24) is 0 Å². The number of rotatable bonds is 6. The number of halogens is 1. The van der Waals surface area contributed by atoms with Gasteiger partial charge in [-0.3, -0.25) is 0 Å². The molecule has 0 heterocycles. The molecule has 0 saturated heterocycles. The third-order valence-corrected chi connectivity index (χ3v) is 7.81. The van der Waals surface area contributed by atoms with Gasteiger partial charge in [0.2, 0.25) is 0 Å². The minimum absolute atomic E-state index is 0.102. The summed E-state index contributed by atoms with van der Waals surface area (Å²) in [4.78, 5) is 0. The number of ether oxygens (including phenoxy) is 1. The molecule has 0 unspecified atom stereocenters. The minimum atomic E-state index is -0.446. The van der Waals surface area contributed by atoms with E-state index in [1.165, 1.54) is 15.9 Å². The SMILES string of the molecule is Cc1cccc(CBr)c1OCC#N.c1ccc(P(c2ccccc2)c2ccccc2)cc1. The maximum Gasteiger partial charge on any atom is 0.174 e. The van der Waals surface area contributed by atoms with E-state index in [1.54, 1.807) is 0 Å². The maximum absolute atomic E-state index is 8.40. The lowest BCUT2D eigenvalue weighted by molar-refractivity contribution is 0.362. The third-order valence-electron chi connectivity index (χ3n) is 4.76. The first kappa shape index (κ1) is 23.7. The predicted octanol–water partition coefficient (Wildman–Crippen LogP) is 6.24. The van der Waals surface area contributed by atoms with Gasteiger partial charge in [0.25, 0.3) is 0 Å². The Morgan fingerprint density at radius 1 is 0.719 bits per heavy atom. The van der Waals surface area contributed by atoms with E-state index in [2.05, 4.69) is 107 Å². The molecule has 2 nitrogen and oxygen atoms in total. The van der Waals surface area contributed by atoms with Gasteiger partial charge in [-0.1, -0.05) is 125 Å². The lowest BCUT2D eigenvalue weighted by atomic mass is 10.1. The molecule has 0 atom stereocenters. The van der Waals surface area contributed by atoms with E-state index in [0.29, 0.717) is 0 Å². The van der Waals surface area contributed by atoms with Crippen molar-refractivity contribution in [3.63, 3.8) is 0 Å². The molecule has 0 spiro atoms. The summed E-state index contributed by atoms with van der Waals surface area (Å²) < 4.78 is 5.32. The predicted molar refractivity (Wildman–Crippen MR) is 140 cm³/mol. The zero-order valence-electron chi connectivity index (χ0n) is 18.0. The Labute approximate surface area is 200 Å². The molecule has 4 heteroatoms. The maximum atomic E-state index is 8.40. The second kappa shape index (κ2) is 12.8. The van der Waals surface area contributed by atoms with Crippen LogP contribution in [0.1, 0.15) is 11.1 Å². The van der Waals surface area contributed by atoms with Crippen LogP contribution in [0.25, 0.3) is 0 Å². The monoisotopic (exact) mass is 501 g/mol. The highest BCUT2D eigenvalue weighted by Crippen LogP contribution is 2.32.